The van der Waals surface area contributed by atoms with Gasteiger partial charge in [-0.2, -0.15) is 5.26 Å². The van der Waals surface area contributed by atoms with Crippen LogP contribution in [0.3, 0.4) is 0 Å². The highest BCUT2D eigenvalue weighted by atomic mass is 15.2. The molecule has 2 nitrogen and oxygen atoms in total. The van der Waals surface area contributed by atoms with Crippen molar-refractivity contribution in [1.29, 1.82) is 5.26 Å². The monoisotopic (exact) mass is 194 g/mol. The fourth-order valence-electron chi connectivity index (χ4n) is 2.65. The van der Waals surface area contributed by atoms with Crippen molar-refractivity contribution in [3.8, 4) is 6.07 Å². The molecule has 0 bridgehead atoms. The number of likely N-dealkylation sites (tertiary alicyclic amines) is 1. The Kier molecular flexibility index (Phi) is 4.41. The first kappa shape index (κ1) is 11.5. The van der Waals surface area contributed by atoms with Gasteiger partial charge < -0.3 is 0 Å². The Labute approximate surface area is 87.9 Å². The third kappa shape index (κ3) is 2.99. The van der Waals surface area contributed by atoms with E-state index in [9.17, 15) is 0 Å². The second kappa shape index (κ2) is 5.36. The van der Waals surface area contributed by atoms with E-state index in [1.54, 1.807) is 0 Å². The average molecular weight is 194 g/mol. The Hall–Kier alpha value is -0.550. The molecule has 1 saturated heterocycles. The lowest BCUT2D eigenvalue weighted by Gasteiger charge is -2.39. The second-order valence-corrected chi connectivity index (χ2v) is 4.82. The Morgan fingerprint density at radius 2 is 1.93 bits per heavy atom. The maximum atomic E-state index is 8.75. The van der Waals surface area contributed by atoms with E-state index >= 15 is 0 Å². The van der Waals surface area contributed by atoms with Crippen LogP contribution in [-0.4, -0.2) is 24.0 Å². The molecule has 14 heavy (non-hydrogen) atoms. The molecule has 80 valence electrons. The van der Waals surface area contributed by atoms with Crippen LogP contribution in [0.1, 0.15) is 40.0 Å². The fraction of sp³-hybridized carbons (Fsp3) is 0.917. The van der Waals surface area contributed by atoms with E-state index in [-0.39, 0.29) is 0 Å². The smallest absolute Gasteiger partial charge is 0.0638 e. The van der Waals surface area contributed by atoms with Crippen LogP contribution in [0.2, 0.25) is 0 Å². The molecule has 1 fully saturated rings. The summed E-state index contributed by atoms with van der Waals surface area (Å²) < 4.78 is 0. The van der Waals surface area contributed by atoms with Crippen LogP contribution in [-0.2, 0) is 0 Å². The summed E-state index contributed by atoms with van der Waals surface area (Å²) in [5.74, 6) is 1.60. The molecule has 1 aliphatic heterocycles. The van der Waals surface area contributed by atoms with E-state index in [0.29, 0.717) is 12.5 Å². The topological polar surface area (TPSA) is 27.0 Å². The molecule has 0 N–H and O–H groups in total. The quantitative estimate of drug-likeness (QED) is 0.690. The standard InChI is InChI=1S/C12H22N2/c1-4-12(5-6-13)14-8-10(2)7-11(3)9-14/h10-12H,4-5,7-9H2,1-3H3. The molecule has 1 aliphatic rings. The maximum Gasteiger partial charge on any atom is 0.0638 e. The van der Waals surface area contributed by atoms with Gasteiger partial charge in [0.05, 0.1) is 12.5 Å². The lowest BCUT2D eigenvalue weighted by Crippen LogP contribution is -2.44. The van der Waals surface area contributed by atoms with Crippen LogP contribution in [0.15, 0.2) is 0 Å². The molecular formula is C12H22N2. The van der Waals surface area contributed by atoms with E-state index in [0.717, 1.165) is 18.3 Å². The van der Waals surface area contributed by atoms with Gasteiger partial charge in [-0.25, -0.2) is 0 Å². The summed E-state index contributed by atoms with van der Waals surface area (Å²) in [7, 11) is 0. The first-order valence-electron chi connectivity index (χ1n) is 5.78. The molecule has 0 amide bonds. The van der Waals surface area contributed by atoms with Crippen LogP contribution in [0.25, 0.3) is 0 Å². The highest BCUT2D eigenvalue weighted by Gasteiger charge is 2.26. The van der Waals surface area contributed by atoms with Gasteiger partial charge in [-0.15, -0.1) is 0 Å². The van der Waals surface area contributed by atoms with Crippen molar-refractivity contribution in [1.82, 2.24) is 4.90 Å². The normalized spacial score (nSPS) is 31.0. The van der Waals surface area contributed by atoms with Gasteiger partial charge in [0.1, 0.15) is 0 Å². The largest absolute Gasteiger partial charge is 0.299 e. The van der Waals surface area contributed by atoms with Crippen LogP contribution < -0.4 is 0 Å². The lowest BCUT2D eigenvalue weighted by molar-refractivity contribution is 0.0948. The zero-order valence-electron chi connectivity index (χ0n) is 9.66. The lowest BCUT2D eigenvalue weighted by atomic mass is 9.90. The van der Waals surface area contributed by atoms with Gasteiger partial charge in [0.15, 0.2) is 0 Å². The van der Waals surface area contributed by atoms with Crippen LogP contribution in [0.5, 0.6) is 0 Å². The molecule has 3 unspecified atom stereocenters. The van der Waals surface area contributed by atoms with Gasteiger partial charge in [0, 0.05) is 19.1 Å². The zero-order chi connectivity index (χ0) is 10.6. The van der Waals surface area contributed by atoms with Gasteiger partial charge in [0.2, 0.25) is 0 Å². The molecule has 2 heteroatoms. The number of hydrogen-bond acceptors (Lipinski definition) is 2. The maximum absolute atomic E-state index is 8.75. The number of piperidine rings is 1. The fourth-order valence-corrected chi connectivity index (χ4v) is 2.65. The summed E-state index contributed by atoms with van der Waals surface area (Å²) in [5, 5.41) is 8.75. The Morgan fingerprint density at radius 1 is 1.36 bits per heavy atom. The summed E-state index contributed by atoms with van der Waals surface area (Å²) in [6.07, 6.45) is 3.14. The molecule has 1 rings (SSSR count). The van der Waals surface area contributed by atoms with E-state index in [2.05, 4.69) is 31.7 Å². The third-order valence-corrected chi connectivity index (χ3v) is 3.21. The summed E-state index contributed by atoms with van der Waals surface area (Å²) in [4.78, 5) is 2.52. The Bertz CT molecular complexity index is 197. The molecule has 0 radical (unpaired) electrons. The second-order valence-electron chi connectivity index (χ2n) is 4.82. The van der Waals surface area contributed by atoms with Gasteiger partial charge in [-0.3, -0.25) is 4.90 Å². The predicted octanol–water partition coefficient (Wildman–Crippen LogP) is 2.66. The van der Waals surface area contributed by atoms with E-state index < -0.39 is 0 Å². The van der Waals surface area contributed by atoms with E-state index in [1.807, 2.05) is 0 Å². The minimum absolute atomic E-state index is 0.491. The van der Waals surface area contributed by atoms with Crippen molar-refractivity contribution in [3.63, 3.8) is 0 Å². The van der Waals surface area contributed by atoms with Gasteiger partial charge in [-0.05, 0) is 24.7 Å². The van der Waals surface area contributed by atoms with Gasteiger partial charge in [-0.1, -0.05) is 20.8 Å². The van der Waals surface area contributed by atoms with Crippen molar-refractivity contribution in [2.24, 2.45) is 11.8 Å². The predicted molar refractivity (Wildman–Crippen MR) is 58.8 cm³/mol. The van der Waals surface area contributed by atoms with Gasteiger partial charge >= 0.3 is 0 Å². The molecular weight excluding hydrogens is 172 g/mol. The molecule has 0 spiro atoms. The molecule has 3 atom stereocenters. The number of nitrogens with zero attached hydrogens (tertiary/aromatic N) is 2. The minimum Gasteiger partial charge on any atom is -0.299 e. The summed E-state index contributed by atoms with van der Waals surface area (Å²) in [6.45, 7) is 9.20. The van der Waals surface area contributed by atoms with E-state index in [4.69, 9.17) is 5.26 Å². The van der Waals surface area contributed by atoms with Crippen LogP contribution >= 0.6 is 0 Å². The molecule has 0 saturated carbocycles. The van der Waals surface area contributed by atoms with Crippen molar-refractivity contribution >= 4 is 0 Å². The first-order valence-corrected chi connectivity index (χ1v) is 5.78. The minimum atomic E-state index is 0.491. The number of rotatable bonds is 3. The summed E-state index contributed by atoms with van der Waals surface area (Å²) in [6, 6.07) is 2.79. The van der Waals surface area contributed by atoms with Gasteiger partial charge in [0.25, 0.3) is 0 Å². The van der Waals surface area contributed by atoms with Crippen molar-refractivity contribution in [2.75, 3.05) is 13.1 Å². The van der Waals surface area contributed by atoms with Crippen molar-refractivity contribution in [3.05, 3.63) is 0 Å². The Balaban J connectivity index is 2.52. The van der Waals surface area contributed by atoms with Crippen LogP contribution in [0, 0.1) is 23.2 Å². The van der Waals surface area contributed by atoms with E-state index in [1.165, 1.54) is 19.5 Å². The zero-order valence-corrected chi connectivity index (χ0v) is 9.66. The number of hydrogen-bond donors (Lipinski definition) is 0. The molecule has 0 aliphatic carbocycles. The van der Waals surface area contributed by atoms with Crippen molar-refractivity contribution in [2.45, 2.75) is 46.1 Å². The first-order chi connectivity index (χ1) is 6.67. The molecule has 0 aromatic rings. The SMILES string of the molecule is CCC(CC#N)N1CC(C)CC(C)C1. The van der Waals surface area contributed by atoms with Crippen molar-refractivity contribution < 1.29 is 0 Å². The molecule has 0 aromatic heterocycles. The highest BCUT2D eigenvalue weighted by molar-refractivity contribution is 4.85. The highest BCUT2D eigenvalue weighted by Crippen LogP contribution is 2.24. The third-order valence-electron chi connectivity index (χ3n) is 3.21. The Morgan fingerprint density at radius 3 is 2.36 bits per heavy atom. The number of nitriles is 1. The average Bonchev–Trinajstić information content (AvgIpc) is 2.12. The van der Waals surface area contributed by atoms with Crippen LogP contribution in [0.4, 0.5) is 0 Å². The molecule has 1 heterocycles. The summed E-state index contributed by atoms with van der Waals surface area (Å²) >= 11 is 0. The summed E-state index contributed by atoms with van der Waals surface area (Å²) in [5.41, 5.74) is 0. The molecule has 0 aromatic carbocycles.